The molecule has 0 aliphatic rings. The Morgan fingerprint density at radius 3 is 2.57 bits per heavy atom. The van der Waals surface area contributed by atoms with Crippen molar-refractivity contribution in [2.45, 2.75) is 18.6 Å². The van der Waals surface area contributed by atoms with Crippen molar-refractivity contribution in [2.75, 3.05) is 6.61 Å². The molecule has 0 fully saturated rings. The first kappa shape index (κ1) is 11.2. The van der Waals surface area contributed by atoms with Crippen LogP contribution in [0.5, 0.6) is 5.75 Å². The van der Waals surface area contributed by atoms with Gasteiger partial charge in [-0.15, -0.1) is 0 Å². The minimum atomic E-state index is -1.80. The smallest absolute Gasteiger partial charge is 0.159 e. The van der Waals surface area contributed by atoms with Gasteiger partial charge in [0.25, 0.3) is 0 Å². The lowest BCUT2D eigenvalue weighted by atomic mass is 10.3. The van der Waals surface area contributed by atoms with Gasteiger partial charge in [0.15, 0.2) is 11.1 Å². The van der Waals surface area contributed by atoms with Gasteiger partial charge in [-0.25, -0.2) is 4.21 Å². The molecule has 0 saturated carbocycles. The molecule has 0 aliphatic carbocycles. The number of rotatable bonds is 5. The van der Waals surface area contributed by atoms with Crippen molar-refractivity contribution >= 4 is 11.1 Å². The van der Waals surface area contributed by atoms with Crippen LogP contribution in [0.3, 0.4) is 0 Å². The van der Waals surface area contributed by atoms with Crippen LogP contribution in [0.2, 0.25) is 0 Å². The molecule has 1 aromatic rings. The minimum absolute atomic E-state index is 0.281. The third-order valence-electron chi connectivity index (χ3n) is 1.92. The van der Waals surface area contributed by atoms with Gasteiger partial charge in [0.05, 0.1) is 5.25 Å². The van der Waals surface area contributed by atoms with Gasteiger partial charge >= 0.3 is 0 Å². The number of hydrogen-bond acceptors (Lipinski definition) is 2. The topological polar surface area (TPSA) is 46.5 Å². The number of benzene rings is 1. The van der Waals surface area contributed by atoms with Crippen LogP contribution in [-0.4, -0.2) is 20.6 Å². The summed E-state index contributed by atoms with van der Waals surface area (Å²) in [6.45, 7) is 2.15. The quantitative estimate of drug-likeness (QED) is 0.763. The Hall–Kier alpha value is -0.870. The van der Waals surface area contributed by atoms with Crippen molar-refractivity contribution in [2.24, 2.45) is 0 Å². The first-order valence-corrected chi connectivity index (χ1v) is 5.68. The normalized spacial score (nSPS) is 14.7. The van der Waals surface area contributed by atoms with E-state index in [1.54, 1.807) is 0 Å². The van der Waals surface area contributed by atoms with Crippen LogP contribution < -0.4 is 4.74 Å². The van der Waals surface area contributed by atoms with Gasteiger partial charge in [0, 0.05) is 0 Å². The molecule has 0 saturated heterocycles. The van der Waals surface area contributed by atoms with E-state index in [4.69, 9.17) is 9.29 Å². The van der Waals surface area contributed by atoms with E-state index < -0.39 is 11.1 Å². The highest BCUT2D eigenvalue weighted by atomic mass is 32.2. The molecule has 78 valence electrons. The van der Waals surface area contributed by atoms with Crippen LogP contribution in [-0.2, 0) is 11.1 Å². The average Bonchev–Trinajstić information content (AvgIpc) is 2.20. The largest absolute Gasteiger partial charge is 0.492 e. The second-order valence-electron chi connectivity index (χ2n) is 2.93. The van der Waals surface area contributed by atoms with Crippen molar-refractivity contribution in [1.82, 2.24) is 0 Å². The SMILES string of the molecule is CCC(COc1ccccc1)S(=O)O. The van der Waals surface area contributed by atoms with Gasteiger partial charge in [-0.1, -0.05) is 25.1 Å². The molecule has 0 amide bonds. The highest BCUT2D eigenvalue weighted by Gasteiger charge is 2.12. The summed E-state index contributed by atoms with van der Waals surface area (Å²) in [5.74, 6) is 0.733. The van der Waals surface area contributed by atoms with Crippen molar-refractivity contribution in [3.8, 4) is 5.75 Å². The minimum Gasteiger partial charge on any atom is -0.492 e. The van der Waals surface area contributed by atoms with E-state index in [-0.39, 0.29) is 11.9 Å². The standard InChI is InChI=1S/C10H14O3S/c1-2-10(14(11)12)8-13-9-6-4-3-5-7-9/h3-7,10H,2,8H2,1H3,(H,11,12). The second kappa shape index (κ2) is 5.78. The highest BCUT2D eigenvalue weighted by Crippen LogP contribution is 2.10. The third-order valence-corrected chi connectivity index (χ3v) is 2.96. The zero-order chi connectivity index (χ0) is 10.4. The Kier molecular flexibility index (Phi) is 4.62. The average molecular weight is 214 g/mol. The predicted molar refractivity (Wildman–Crippen MR) is 56.8 cm³/mol. The summed E-state index contributed by atoms with van der Waals surface area (Å²) in [6.07, 6.45) is 0.635. The van der Waals surface area contributed by atoms with Crippen molar-refractivity contribution in [3.63, 3.8) is 0 Å². The molecule has 1 aromatic carbocycles. The van der Waals surface area contributed by atoms with Gasteiger partial charge in [0.2, 0.25) is 0 Å². The molecule has 14 heavy (non-hydrogen) atoms. The molecular formula is C10H14O3S. The molecule has 0 aliphatic heterocycles. The first-order valence-electron chi connectivity index (χ1n) is 4.51. The maximum absolute atomic E-state index is 10.8. The molecule has 1 N–H and O–H groups in total. The summed E-state index contributed by atoms with van der Waals surface area (Å²) in [5, 5.41) is -0.310. The van der Waals surface area contributed by atoms with Crippen LogP contribution >= 0.6 is 0 Å². The lowest BCUT2D eigenvalue weighted by Crippen LogP contribution is -2.22. The molecule has 0 heterocycles. The van der Waals surface area contributed by atoms with E-state index in [0.29, 0.717) is 6.42 Å². The summed E-state index contributed by atoms with van der Waals surface area (Å²) in [7, 11) is 0. The number of para-hydroxylation sites is 1. The number of hydrogen-bond donors (Lipinski definition) is 1. The van der Waals surface area contributed by atoms with E-state index in [2.05, 4.69) is 0 Å². The molecule has 0 bridgehead atoms. The number of ether oxygens (including phenoxy) is 1. The van der Waals surface area contributed by atoms with E-state index in [0.717, 1.165) is 5.75 Å². The summed E-state index contributed by atoms with van der Waals surface area (Å²) in [6, 6.07) is 9.28. The summed E-state index contributed by atoms with van der Waals surface area (Å²) < 4.78 is 25.0. The maximum Gasteiger partial charge on any atom is 0.159 e. The molecule has 1 rings (SSSR count). The molecule has 2 atom stereocenters. The zero-order valence-corrected chi connectivity index (χ0v) is 8.87. The Morgan fingerprint density at radius 1 is 1.43 bits per heavy atom. The van der Waals surface area contributed by atoms with Gasteiger partial charge in [0.1, 0.15) is 12.4 Å². The first-order chi connectivity index (χ1) is 6.74. The zero-order valence-electron chi connectivity index (χ0n) is 8.05. The molecule has 0 spiro atoms. The van der Waals surface area contributed by atoms with Crippen LogP contribution in [0.1, 0.15) is 13.3 Å². The van der Waals surface area contributed by atoms with Gasteiger partial charge in [-0.3, -0.25) is 0 Å². The van der Waals surface area contributed by atoms with E-state index in [1.807, 2.05) is 37.3 Å². The highest BCUT2D eigenvalue weighted by molar-refractivity contribution is 7.79. The van der Waals surface area contributed by atoms with Crippen LogP contribution in [0.15, 0.2) is 30.3 Å². The Labute approximate surface area is 86.4 Å². The fraction of sp³-hybridized carbons (Fsp3) is 0.400. The molecule has 2 unspecified atom stereocenters. The third kappa shape index (κ3) is 3.47. The van der Waals surface area contributed by atoms with E-state index in [9.17, 15) is 4.21 Å². The molecule has 3 nitrogen and oxygen atoms in total. The van der Waals surface area contributed by atoms with Crippen LogP contribution in [0, 0.1) is 0 Å². The fourth-order valence-corrected chi connectivity index (χ4v) is 1.49. The predicted octanol–water partition coefficient (Wildman–Crippen LogP) is 2.07. The van der Waals surface area contributed by atoms with Crippen LogP contribution in [0.4, 0.5) is 0 Å². The Balaban J connectivity index is 2.44. The summed E-state index contributed by atoms with van der Waals surface area (Å²) >= 11 is -1.80. The van der Waals surface area contributed by atoms with Crippen molar-refractivity contribution in [1.29, 1.82) is 0 Å². The van der Waals surface area contributed by atoms with Crippen molar-refractivity contribution < 1.29 is 13.5 Å². The van der Waals surface area contributed by atoms with Gasteiger partial charge in [-0.2, -0.15) is 0 Å². The lowest BCUT2D eigenvalue weighted by Gasteiger charge is -2.11. The van der Waals surface area contributed by atoms with Crippen molar-refractivity contribution in [3.05, 3.63) is 30.3 Å². The maximum atomic E-state index is 10.8. The fourth-order valence-electron chi connectivity index (χ4n) is 1.02. The Morgan fingerprint density at radius 2 is 2.07 bits per heavy atom. The lowest BCUT2D eigenvalue weighted by molar-refractivity contribution is 0.308. The molecule has 4 heteroatoms. The molecular weight excluding hydrogens is 200 g/mol. The Bertz CT molecular complexity index is 287. The van der Waals surface area contributed by atoms with Gasteiger partial charge < -0.3 is 9.29 Å². The monoisotopic (exact) mass is 214 g/mol. The summed E-state index contributed by atoms with van der Waals surface area (Å²) in [5.41, 5.74) is 0. The second-order valence-corrected chi connectivity index (χ2v) is 4.15. The van der Waals surface area contributed by atoms with Crippen LogP contribution in [0.25, 0.3) is 0 Å². The molecule has 0 aromatic heterocycles. The molecule has 0 radical (unpaired) electrons. The van der Waals surface area contributed by atoms with E-state index in [1.165, 1.54) is 0 Å². The van der Waals surface area contributed by atoms with E-state index >= 15 is 0 Å². The summed E-state index contributed by atoms with van der Waals surface area (Å²) in [4.78, 5) is 0. The van der Waals surface area contributed by atoms with Gasteiger partial charge in [-0.05, 0) is 18.6 Å².